The summed E-state index contributed by atoms with van der Waals surface area (Å²) in [6.45, 7) is 3.30. The fraction of sp³-hybridized carbons (Fsp3) is 0.217. The molecule has 0 radical (unpaired) electrons. The molecule has 0 fully saturated rings. The van der Waals surface area contributed by atoms with E-state index in [-0.39, 0.29) is 18.2 Å². The molecule has 3 heterocycles. The molecule has 0 spiro atoms. The minimum Gasteiger partial charge on any atom is -0.454 e. The van der Waals surface area contributed by atoms with Crippen molar-refractivity contribution in [2.75, 3.05) is 13.3 Å². The van der Waals surface area contributed by atoms with Gasteiger partial charge in [-0.25, -0.2) is 9.07 Å². The molecule has 1 aliphatic heterocycles. The number of fused-ring (bicyclic) bond motifs is 2. The number of hydrogen-bond donors (Lipinski definition) is 2. The molecule has 31 heavy (non-hydrogen) atoms. The summed E-state index contributed by atoms with van der Waals surface area (Å²) in [6, 6.07) is 13.8. The summed E-state index contributed by atoms with van der Waals surface area (Å²) in [5, 5.41) is 8.70. The first-order valence-electron chi connectivity index (χ1n) is 10.1. The van der Waals surface area contributed by atoms with Crippen molar-refractivity contribution in [2.24, 2.45) is 0 Å². The molecular formula is C23H21FN4O3. The van der Waals surface area contributed by atoms with Crippen LogP contribution in [0.25, 0.3) is 16.7 Å². The van der Waals surface area contributed by atoms with Crippen molar-refractivity contribution in [3.8, 4) is 17.2 Å². The van der Waals surface area contributed by atoms with E-state index in [4.69, 9.17) is 9.47 Å². The van der Waals surface area contributed by atoms with E-state index in [1.807, 2.05) is 31.2 Å². The number of rotatable bonds is 6. The minimum absolute atomic E-state index is 0.175. The SMILES string of the molecule is Cc1nn(-c2ccc(F)cc2)c2[nH]c(=O)c(CNCCc3ccc4c(c3)OCO4)cc12. The number of aromatic nitrogens is 3. The molecule has 0 saturated carbocycles. The van der Waals surface area contributed by atoms with Gasteiger partial charge >= 0.3 is 0 Å². The summed E-state index contributed by atoms with van der Waals surface area (Å²) in [5.74, 6) is 1.22. The Labute approximate surface area is 177 Å². The van der Waals surface area contributed by atoms with E-state index in [1.165, 1.54) is 12.1 Å². The summed E-state index contributed by atoms with van der Waals surface area (Å²) in [4.78, 5) is 15.6. The summed E-state index contributed by atoms with van der Waals surface area (Å²) in [6.07, 6.45) is 0.804. The van der Waals surface area contributed by atoms with Gasteiger partial charge in [0.05, 0.1) is 11.4 Å². The number of pyridine rings is 1. The van der Waals surface area contributed by atoms with Gasteiger partial charge in [-0.2, -0.15) is 5.10 Å². The van der Waals surface area contributed by atoms with Gasteiger partial charge in [-0.1, -0.05) is 6.07 Å². The quantitative estimate of drug-likeness (QED) is 0.468. The van der Waals surface area contributed by atoms with Gasteiger partial charge < -0.3 is 19.8 Å². The number of nitrogens with zero attached hydrogens (tertiary/aromatic N) is 2. The lowest BCUT2D eigenvalue weighted by Gasteiger charge is -2.07. The van der Waals surface area contributed by atoms with Crippen molar-refractivity contribution in [1.29, 1.82) is 0 Å². The Morgan fingerprint density at radius 3 is 2.77 bits per heavy atom. The smallest absolute Gasteiger partial charge is 0.254 e. The number of benzene rings is 2. The van der Waals surface area contributed by atoms with Crippen LogP contribution in [0.5, 0.6) is 11.5 Å². The Morgan fingerprint density at radius 1 is 1.13 bits per heavy atom. The van der Waals surface area contributed by atoms with Crippen LogP contribution in [0.1, 0.15) is 16.8 Å². The van der Waals surface area contributed by atoms with Crippen LogP contribution in [0.4, 0.5) is 4.39 Å². The molecule has 5 rings (SSSR count). The lowest BCUT2D eigenvalue weighted by molar-refractivity contribution is 0.174. The lowest BCUT2D eigenvalue weighted by atomic mass is 10.1. The Kier molecular flexibility index (Phi) is 4.91. The first kappa shape index (κ1) is 19.3. The van der Waals surface area contributed by atoms with Crippen molar-refractivity contribution < 1.29 is 13.9 Å². The van der Waals surface area contributed by atoms with E-state index < -0.39 is 0 Å². The fourth-order valence-electron chi connectivity index (χ4n) is 3.71. The summed E-state index contributed by atoms with van der Waals surface area (Å²) < 4.78 is 25.6. The largest absolute Gasteiger partial charge is 0.454 e. The fourth-order valence-corrected chi connectivity index (χ4v) is 3.71. The van der Waals surface area contributed by atoms with E-state index in [0.717, 1.165) is 34.6 Å². The highest BCUT2D eigenvalue weighted by atomic mass is 19.1. The van der Waals surface area contributed by atoms with Crippen LogP contribution < -0.4 is 20.3 Å². The molecular weight excluding hydrogens is 399 g/mol. The standard InChI is InChI=1S/C23H21FN4O3/c1-14-19-11-16(12-25-9-8-15-2-7-20-21(10-15)31-13-30-20)23(29)26-22(19)28(27-14)18-5-3-17(24)4-6-18/h2-7,10-11,25H,8-9,12-13H2,1H3,(H,26,29). The van der Waals surface area contributed by atoms with Crippen LogP contribution >= 0.6 is 0 Å². The summed E-state index contributed by atoms with van der Waals surface area (Å²) in [5.41, 5.74) is 3.67. The Balaban J connectivity index is 1.30. The minimum atomic E-state index is -0.320. The molecule has 4 aromatic rings. The summed E-state index contributed by atoms with van der Waals surface area (Å²) in [7, 11) is 0. The summed E-state index contributed by atoms with van der Waals surface area (Å²) >= 11 is 0. The molecule has 0 saturated heterocycles. The van der Waals surface area contributed by atoms with Gasteiger partial charge in [0, 0.05) is 17.5 Å². The van der Waals surface area contributed by atoms with Crippen molar-refractivity contribution in [3.05, 3.63) is 81.5 Å². The maximum atomic E-state index is 13.2. The van der Waals surface area contributed by atoms with Crippen LogP contribution in [-0.2, 0) is 13.0 Å². The second kappa shape index (κ2) is 7.88. The van der Waals surface area contributed by atoms with Crippen molar-refractivity contribution in [3.63, 3.8) is 0 Å². The van der Waals surface area contributed by atoms with Gasteiger partial charge in [0.15, 0.2) is 11.5 Å². The van der Waals surface area contributed by atoms with Crippen molar-refractivity contribution in [2.45, 2.75) is 19.9 Å². The third-order valence-corrected chi connectivity index (χ3v) is 5.36. The Hall–Kier alpha value is -3.65. The lowest BCUT2D eigenvalue weighted by Crippen LogP contribution is -2.23. The van der Waals surface area contributed by atoms with Crippen molar-refractivity contribution >= 4 is 11.0 Å². The zero-order valence-corrected chi connectivity index (χ0v) is 16.9. The molecule has 0 bridgehead atoms. The van der Waals surface area contributed by atoms with Gasteiger partial charge in [0.25, 0.3) is 5.56 Å². The van der Waals surface area contributed by atoms with Gasteiger partial charge in [0.1, 0.15) is 11.5 Å². The molecule has 0 atom stereocenters. The first-order chi connectivity index (χ1) is 15.1. The van der Waals surface area contributed by atoms with E-state index in [0.29, 0.717) is 30.0 Å². The molecule has 8 heteroatoms. The average Bonchev–Trinajstić information content (AvgIpc) is 3.36. The third-order valence-electron chi connectivity index (χ3n) is 5.36. The molecule has 2 aromatic carbocycles. The highest BCUT2D eigenvalue weighted by Gasteiger charge is 2.14. The van der Waals surface area contributed by atoms with Crippen LogP contribution in [0.2, 0.25) is 0 Å². The van der Waals surface area contributed by atoms with Crippen molar-refractivity contribution in [1.82, 2.24) is 20.1 Å². The molecule has 1 aliphatic rings. The second-order valence-corrected chi connectivity index (χ2v) is 7.47. The molecule has 7 nitrogen and oxygen atoms in total. The molecule has 2 aromatic heterocycles. The van der Waals surface area contributed by atoms with Crippen LogP contribution in [0.3, 0.4) is 0 Å². The molecule has 2 N–H and O–H groups in total. The van der Waals surface area contributed by atoms with Crippen LogP contribution in [-0.4, -0.2) is 28.1 Å². The van der Waals surface area contributed by atoms with Gasteiger partial charge in [-0.05, 0) is 67.9 Å². The van der Waals surface area contributed by atoms with E-state index in [1.54, 1.807) is 16.8 Å². The van der Waals surface area contributed by atoms with E-state index in [2.05, 4.69) is 15.4 Å². The van der Waals surface area contributed by atoms with Gasteiger partial charge in [0.2, 0.25) is 6.79 Å². The number of aryl methyl sites for hydroxylation is 1. The maximum absolute atomic E-state index is 13.2. The second-order valence-electron chi connectivity index (χ2n) is 7.47. The molecule has 0 aliphatic carbocycles. The highest BCUT2D eigenvalue weighted by molar-refractivity contribution is 5.80. The topological polar surface area (TPSA) is 81.2 Å². The predicted octanol–water partition coefficient (Wildman–Crippen LogP) is 3.22. The van der Waals surface area contributed by atoms with Gasteiger partial charge in [-0.3, -0.25) is 4.79 Å². The van der Waals surface area contributed by atoms with Crippen LogP contribution in [0.15, 0.2) is 53.3 Å². The van der Waals surface area contributed by atoms with Crippen LogP contribution in [0, 0.1) is 12.7 Å². The number of ether oxygens (including phenoxy) is 2. The maximum Gasteiger partial charge on any atom is 0.254 e. The zero-order chi connectivity index (χ0) is 21.4. The Morgan fingerprint density at radius 2 is 1.94 bits per heavy atom. The molecule has 0 unspecified atom stereocenters. The average molecular weight is 420 g/mol. The highest BCUT2D eigenvalue weighted by Crippen LogP contribution is 2.32. The van der Waals surface area contributed by atoms with Gasteiger partial charge in [-0.15, -0.1) is 0 Å². The normalized spacial score (nSPS) is 12.6. The predicted molar refractivity (Wildman–Crippen MR) is 114 cm³/mol. The number of hydrogen-bond acceptors (Lipinski definition) is 5. The third kappa shape index (κ3) is 3.77. The number of nitrogens with one attached hydrogen (secondary N) is 2. The zero-order valence-electron chi connectivity index (χ0n) is 16.9. The Bertz CT molecular complexity index is 1310. The number of H-pyrrole nitrogens is 1. The molecule has 0 amide bonds. The van der Waals surface area contributed by atoms with E-state index in [9.17, 15) is 9.18 Å². The molecule has 158 valence electrons. The monoisotopic (exact) mass is 420 g/mol. The first-order valence-corrected chi connectivity index (χ1v) is 10.1. The number of halogens is 1. The van der Waals surface area contributed by atoms with E-state index >= 15 is 0 Å². The number of aromatic amines is 1.